The average Bonchev–Trinajstić information content (AvgIpc) is 2.69. The number of benzene rings is 1. The number of para-hydroxylation sites is 1. The quantitative estimate of drug-likeness (QED) is 0.766. The molecular formula is C19H23N5O2. The van der Waals surface area contributed by atoms with Crippen molar-refractivity contribution in [3.63, 3.8) is 0 Å². The topological polar surface area (TPSA) is 69.6 Å². The maximum Gasteiger partial charge on any atom is 0.277 e. The molecular weight excluding hydrogens is 330 g/mol. The molecule has 1 aliphatic heterocycles. The Morgan fingerprint density at radius 3 is 2.46 bits per heavy atom. The molecule has 2 amide bonds. The summed E-state index contributed by atoms with van der Waals surface area (Å²) in [6.45, 7) is 6.95. The highest BCUT2D eigenvalue weighted by Gasteiger charge is 2.22. The number of amides is 2. The maximum atomic E-state index is 13.0. The van der Waals surface area contributed by atoms with Crippen LogP contribution in [0.1, 0.15) is 23.1 Å². The van der Waals surface area contributed by atoms with Gasteiger partial charge in [0.1, 0.15) is 5.69 Å². The fourth-order valence-electron chi connectivity index (χ4n) is 3.02. The van der Waals surface area contributed by atoms with Crippen molar-refractivity contribution < 1.29 is 9.59 Å². The van der Waals surface area contributed by atoms with Crippen LogP contribution in [0.5, 0.6) is 0 Å². The Bertz CT molecular complexity index is 773. The Morgan fingerprint density at radius 2 is 1.85 bits per heavy atom. The van der Waals surface area contributed by atoms with E-state index in [-0.39, 0.29) is 5.91 Å². The van der Waals surface area contributed by atoms with E-state index in [4.69, 9.17) is 0 Å². The number of nitrogens with zero attached hydrogens (tertiary/aromatic N) is 5. The Morgan fingerprint density at radius 1 is 1.15 bits per heavy atom. The number of hydrogen-bond donors (Lipinski definition) is 0. The van der Waals surface area contributed by atoms with E-state index in [9.17, 15) is 9.59 Å². The van der Waals surface area contributed by atoms with Crippen LogP contribution in [0.2, 0.25) is 0 Å². The highest BCUT2D eigenvalue weighted by molar-refractivity contribution is 6.04. The number of anilines is 2. The number of carbonyl (C=O) groups excluding carboxylic acids is 2. The van der Waals surface area contributed by atoms with Crippen LogP contribution < -0.4 is 9.80 Å². The summed E-state index contributed by atoms with van der Waals surface area (Å²) in [5.74, 6) is 0.403. The molecule has 0 spiro atoms. The number of aryl methyl sites for hydroxylation is 1. The monoisotopic (exact) mass is 353 g/mol. The van der Waals surface area contributed by atoms with Crippen molar-refractivity contribution in [1.82, 2.24) is 14.9 Å². The van der Waals surface area contributed by atoms with Crippen molar-refractivity contribution in [2.75, 3.05) is 42.5 Å². The first-order valence-corrected chi connectivity index (χ1v) is 8.79. The van der Waals surface area contributed by atoms with Crippen LogP contribution in [0.3, 0.4) is 0 Å². The zero-order valence-corrected chi connectivity index (χ0v) is 15.1. The molecule has 0 bridgehead atoms. The fourth-order valence-corrected chi connectivity index (χ4v) is 3.02. The molecule has 2 aromatic rings. The van der Waals surface area contributed by atoms with Gasteiger partial charge in [-0.15, -0.1) is 0 Å². The highest BCUT2D eigenvalue weighted by atomic mass is 16.2. The van der Waals surface area contributed by atoms with Crippen LogP contribution in [0.4, 0.5) is 11.6 Å². The first-order chi connectivity index (χ1) is 12.6. The first kappa shape index (κ1) is 17.8. The molecule has 0 atom stereocenters. The van der Waals surface area contributed by atoms with Crippen molar-refractivity contribution in [2.45, 2.75) is 13.8 Å². The Kier molecular flexibility index (Phi) is 5.46. The fraction of sp³-hybridized carbons (Fsp3) is 0.368. The average molecular weight is 353 g/mol. The Hall–Kier alpha value is -2.96. The molecule has 1 aliphatic rings. The van der Waals surface area contributed by atoms with Crippen molar-refractivity contribution in [2.24, 2.45) is 0 Å². The van der Waals surface area contributed by atoms with Crippen molar-refractivity contribution >= 4 is 24.0 Å². The van der Waals surface area contributed by atoms with E-state index in [0.717, 1.165) is 17.8 Å². The van der Waals surface area contributed by atoms with Gasteiger partial charge in [0, 0.05) is 44.1 Å². The van der Waals surface area contributed by atoms with Crippen LogP contribution in [0.15, 0.2) is 36.4 Å². The molecule has 1 aromatic carbocycles. The van der Waals surface area contributed by atoms with Crippen LogP contribution in [0, 0.1) is 6.92 Å². The Labute approximate surface area is 153 Å². The first-order valence-electron chi connectivity index (χ1n) is 8.79. The second-order valence-electron chi connectivity index (χ2n) is 6.21. The van der Waals surface area contributed by atoms with Crippen LogP contribution in [-0.2, 0) is 4.79 Å². The van der Waals surface area contributed by atoms with Crippen molar-refractivity contribution in [3.8, 4) is 0 Å². The SMILES string of the molecule is CCN(C(=O)c1cc(C)nc(N2CCN(C=O)CC2)n1)c1ccccc1. The van der Waals surface area contributed by atoms with Crippen molar-refractivity contribution in [3.05, 3.63) is 47.8 Å². The zero-order valence-electron chi connectivity index (χ0n) is 15.1. The summed E-state index contributed by atoms with van der Waals surface area (Å²) >= 11 is 0. The standard InChI is InChI=1S/C19H23N5O2/c1-3-24(16-7-5-4-6-8-16)18(26)17-13-15(2)20-19(21-17)23-11-9-22(14-25)10-12-23/h4-8,13-14H,3,9-12H2,1-2H3. The number of carbonyl (C=O) groups is 2. The minimum absolute atomic E-state index is 0.142. The largest absolute Gasteiger partial charge is 0.342 e. The normalized spacial score (nSPS) is 14.2. The number of hydrogen-bond acceptors (Lipinski definition) is 5. The summed E-state index contributed by atoms with van der Waals surface area (Å²) in [4.78, 5) is 38.3. The molecule has 0 radical (unpaired) electrons. The number of piperazine rings is 1. The molecule has 0 unspecified atom stereocenters. The molecule has 7 heteroatoms. The molecule has 0 N–H and O–H groups in total. The predicted octanol–water partition coefficient (Wildman–Crippen LogP) is 1.73. The van der Waals surface area contributed by atoms with E-state index in [0.29, 0.717) is 44.4 Å². The molecule has 3 rings (SSSR count). The van der Waals surface area contributed by atoms with Gasteiger partial charge in [-0.2, -0.15) is 0 Å². The second kappa shape index (κ2) is 7.95. The van der Waals surface area contributed by atoms with E-state index in [2.05, 4.69) is 9.97 Å². The molecule has 2 heterocycles. The van der Waals surface area contributed by atoms with Gasteiger partial charge in [-0.3, -0.25) is 9.59 Å². The molecule has 7 nitrogen and oxygen atoms in total. The second-order valence-corrected chi connectivity index (χ2v) is 6.21. The minimum atomic E-state index is -0.142. The molecule has 26 heavy (non-hydrogen) atoms. The third-order valence-corrected chi connectivity index (χ3v) is 4.44. The number of rotatable bonds is 5. The molecule has 0 saturated carbocycles. The van der Waals surface area contributed by atoms with Gasteiger partial charge >= 0.3 is 0 Å². The minimum Gasteiger partial charge on any atom is -0.342 e. The molecule has 1 saturated heterocycles. The third kappa shape index (κ3) is 3.82. The molecule has 1 fully saturated rings. The van der Waals surface area contributed by atoms with Gasteiger partial charge < -0.3 is 14.7 Å². The van der Waals surface area contributed by atoms with Crippen molar-refractivity contribution in [1.29, 1.82) is 0 Å². The lowest BCUT2D eigenvalue weighted by molar-refractivity contribution is -0.118. The summed E-state index contributed by atoms with van der Waals surface area (Å²) in [5.41, 5.74) is 1.98. The summed E-state index contributed by atoms with van der Waals surface area (Å²) in [6, 6.07) is 11.3. The van der Waals surface area contributed by atoms with Crippen LogP contribution in [0.25, 0.3) is 0 Å². The third-order valence-electron chi connectivity index (χ3n) is 4.44. The number of aromatic nitrogens is 2. The summed E-state index contributed by atoms with van der Waals surface area (Å²) in [6.07, 6.45) is 0.863. The van der Waals surface area contributed by atoms with Crippen LogP contribution >= 0.6 is 0 Å². The van der Waals surface area contributed by atoms with Crippen LogP contribution in [-0.4, -0.2) is 59.9 Å². The van der Waals surface area contributed by atoms with Gasteiger partial charge in [-0.05, 0) is 32.0 Å². The van der Waals surface area contributed by atoms with E-state index < -0.39 is 0 Å². The Balaban J connectivity index is 1.85. The smallest absolute Gasteiger partial charge is 0.277 e. The lowest BCUT2D eigenvalue weighted by Crippen LogP contribution is -2.46. The molecule has 0 aliphatic carbocycles. The van der Waals surface area contributed by atoms with E-state index >= 15 is 0 Å². The van der Waals surface area contributed by atoms with Gasteiger partial charge in [-0.25, -0.2) is 9.97 Å². The predicted molar refractivity (Wildman–Crippen MR) is 100 cm³/mol. The summed E-state index contributed by atoms with van der Waals surface area (Å²) < 4.78 is 0. The van der Waals surface area contributed by atoms with E-state index in [1.54, 1.807) is 15.9 Å². The van der Waals surface area contributed by atoms with Gasteiger partial charge in [0.05, 0.1) is 0 Å². The molecule has 1 aromatic heterocycles. The summed E-state index contributed by atoms with van der Waals surface area (Å²) in [7, 11) is 0. The highest BCUT2D eigenvalue weighted by Crippen LogP contribution is 2.18. The summed E-state index contributed by atoms with van der Waals surface area (Å²) in [5, 5.41) is 0. The molecule has 136 valence electrons. The lowest BCUT2D eigenvalue weighted by Gasteiger charge is -2.32. The maximum absolute atomic E-state index is 13.0. The van der Waals surface area contributed by atoms with E-state index in [1.807, 2.05) is 49.1 Å². The van der Waals surface area contributed by atoms with Gasteiger partial charge in [-0.1, -0.05) is 18.2 Å². The van der Waals surface area contributed by atoms with Gasteiger partial charge in [0.25, 0.3) is 5.91 Å². The zero-order chi connectivity index (χ0) is 18.5. The van der Waals surface area contributed by atoms with E-state index in [1.165, 1.54) is 0 Å². The van der Waals surface area contributed by atoms with Gasteiger partial charge in [0.2, 0.25) is 12.4 Å². The van der Waals surface area contributed by atoms with Gasteiger partial charge in [0.15, 0.2) is 0 Å². The lowest BCUT2D eigenvalue weighted by atomic mass is 10.2.